The molecule has 1 aliphatic rings. The first kappa shape index (κ1) is 17.8. The largest absolute Gasteiger partial charge is 0.496 e. The number of ether oxygens (including phenoxy) is 2. The molecule has 0 saturated heterocycles. The molecule has 0 radical (unpaired) electrons. The van der Waals surface area contributed by atoms with Crippen molar-refractivity contribution < 1.29 is 23.9 Å². The number of amides is 2. The molecule has 2 amide bonds. The van der Waals surface area contributed by atoms with Crippen LogP contribution in [0, 0.1) is 0 Å². The van der Waals surface area contributed by atoms with Crippen LogP contribution in [0.25, 0.3) is 0 Å². The lowest BCUT2D eigenvalue weighted by Gasteiger charge is -2.23. The molecule has 1 fully saturated rings. The molecule has 24 heavy (non-hydrogen) atoms. The van der Waals surface area contributed by atoms with Gasteiger partial charge in [0, 0.05) is 12.1 Å². The van der Waals surface area contributed by atoms with Gasteiger partial charge in [-0.05, 0) is 18.9 Å². The number of nitrogens with one attached hydrogen (secondary N) is 1. The summed E-state index contributed by atoms with van der Waals surface area (Å²) < 4.78 is 10.4. The smallest absolute Gasteiger partial charge is 0.255 e. The summed E-state index contributed by atoms with van der Waals surface area (Å²) in [6.07, 6.45) is 5.81. The third kappa shape index (κ3) is 4.47. The van der Waals surface area contributed by atoms with Crippen LogP contribution < -0.4 is 20.5 Å². The molecule has 1 aromatic carbocycles. The molecule has 1 aromatic rings. The Morgan fingerprint density at radius 1 is 1.25 bits per heavy atom. The Labute approximate surface area is 140 Å². The van der Waals surface area contributed by atoms with Crippen LogP contribution in [0.1, 0.15) is 52.8 Å². The molecule has 1 aliphatic carbocycles. The van der Waals surface area contributed by atoms with Crippen LogP contribution in [0.15, 0.2) is 12.1 Å². The van der Waals surface area contributed by atoms with Crippen LogP contribution in [0.3, 0.4) is 0 Å². The fourth-order valence-electron chi connectivity index (χ4n) is 2.80. The van der Waals surface area contributed by atoms with Crippen molar-refractivity contribution in [2.45, 2.75) is 38.1 Å². The number of rotatable bonds is 7. The zero-order chi connectivity index (χ0) is 17.5. The Bertz CT molecular complexity index is 624. The Balaban J connectivity index is 2.27. The Hall–Kier alpha value is -2.57. The van der Waals surface area contributed by atoms with E-state index in [4.69, 9.17) is 15.2 Å². The van der Waals surface area contributed by atoms with Crippen molar-refractivity contribution in [2.75, 3.05) is 13.7 Å². The number of nitrogens with two attached hydrogens (primary N) is 1. The highest BCUT2D eigenvalue weighted by atomic mass is 16.5. The van der Waals surface area contributed by atoms with Crippen LogP contribution >= 0.6 is 0 Å². The van der Waals surface area contributed by atoms with Crippen molar-refractivity contribution >= 4 is 18.1 Å². The molecule has 7 nitrogen and oxygen atoms in total. The van der Waals surface area contributed by atoms with E-state index < -0.39 is 5.91 Å². The van der Waals surface area contributed by atoms with E-state index >= 15 is 0 Å². The average molecular weight is 334 g/mol. The Kier molecular flexibility index (Phi) is 6.17. The molecule has 130 valence electrons. The lowest BCUT2D eigenvalue weighted by molar-refractivity contribution is -0.119. The molecule has 0 aromatic heterocycles. The van der Waals surface area contributed by atoms with Crippen molar-refractivity contribution in [3.05, 3.63) is 23.3 Å². The molecule has 0 heterocycles. The summed E-state index contributed by atoms with van der Waals surface area (Å²) in [5.74, 6) is -0.581. The molecule has 2 rings (SSSR count). The molecular weight excluding hydrogens is 312 g/mol. The fourth-order valence-corrected chi connectivity index (χ4v) is 2.80. The molecule has 0 bridgehead atoms. The van der Waals surface area contributed by atoms with E-state index in [9.17, 15) is 14.4 Å². The fraction of sp³-hybridized carbons (Fsp3) is 0.471. The molecule has 0 aliphatic heterocycles. The molecule has 7 heteroatoms. The van der Waals surface area contributed by atoms with Gasteiger partial charge >= 0.3 is 0 Å². The number of carbonyl (C=O) groups excluding carboxylic acids is 3. The van der Waals surface area contributed by atoms with Gasteiger partial charge in [-0.25, -0.2) is 0 Å². The minimum atomic E-state index is -0.660. The summed E-state index contributed by atoms with van der Waals surface area (Å²) in [5, 5.41) is 2.96. The summed E-state index contributed by atoms with van der Waals surface area (Å²) in [6, 6.07) is 2.93. The van der Waals surface area contributed by atoms with E-state index in [-0.39, 0.29) is 41.2 Å². The van der Waals surface area contributed by atoms with E-state index in [0.29, 0.717) is 6.29 Å². The van der Waals surface area contributed by atoms with Gasteiger partial charge in [0.05, 0.1) is 18.2 Å². The predicted octanol–water partition coefficient (Wildman–Crippen LogP) is 1.43. The van der Waals surface area contributed by atoms with Crippen molar-refractivity contribution in [1.29, 1.82) is 0 Å². The summed E-state index contributed by atoms with van der Waals surface area (Å²) in [5.41, 5.74) is 5.51. The van der Waals surface area contributed by atoms with Crippen LogP contribution in [0.5, 0.6) is 11.5 Å². The van der Waals surface area contributed by atoms with Crippen LogP contribution in [-0.2, 0) is 4.79 Å². The zero-order valence-corrected chi connectivity index (χ0v) is 13.7. The highest BCUT2D eigenvalue weighted by Gasteiger charge is 2.21. The highest BCUT2D eigenvalue weighted by Crippen LogP contribution is 2.29. The minimum absolute atomic E-state index is 0.108. The Morgan fingerprint density at radius 3 is 2.54 bits per heavy atom. The van der Waals surface area contributed by atoms with Gasteiger partial charge < -0.3 is 20.5 Å². The van der Waals surface area contributed by atoms with Crippen molar-refractivity contribution in [3.63, 3.8) is 0 Å². The summed E-state index contributed by atoms with van der Waals surface area (Å²) in [4.78, 5) is 34.7. The van der Waals surface area contributed by atoms with Crippen molar-refractivity contribution in [1.82, 2.24) is 5.32 Å². The number of hydrogen-bond acceptors (Lipinski definition) is 5. The van der Waals surface area contributed by atoms with E-state index in [1.807, 2.05) is 0 Å². The Morgan fingerprint density at radius 2 is 1.96 bits per heavy atom. The molecule has 1 saturated carbocycles. The summed E-state index contributed by atoms with van der Waals surface area (Å²) in [6.45, 7) is -0.368. The standard InChI is InChI=1S/C17H22N2O5/c1-23-14-8-15(24-10-16(18)21)13(7-11(14)9-20)17(22)19-12-5-3-2-4-6-12/h7-9,12H,2-6,10H2,1H3,(H2,18,21)(H,19,22). The number of aldehydes is 1. The molecule has 0 spiro atoms. The van der Waals surface area contributed by atoms with Gasteiger partial charge in [-0.15, -0.1) is 0 Å². The maximum atomic E-state index is 12.6. The molecular formula is C17H22N2O5. The third-order valence-corrected chi connectivity index (χ3v) is 4.01. The van der Waals surface area contributed by atoms with Gasteiger partial charge in [0.2, 0.25) is 0 Å². The zero-order valence-electron chi connectivity index (χ0n) is 13.7. The second kappa shape index (κ2) is 8.33. The van der Waals surface area contributed by atoms with E-state index in [2.05, 4.69) is 5.32 Å². The van der Waals surface area contributed by atoms with Gasteiger partial charge in [-0.2, -0.15) is 0 Å². The first-order chi connectivity index (χ1) is 11.5. The number of carbonyl (C=O) groups is 3. The van der Waals surface area contributed by atoms with Gasteiger partial charge in [0.25, 0.3) is 11.8 Å². The minimum Gasteiger partial charge on any atom is -0.496 e. The highest BCUT2D eigenvalue weighted by molar-refractivity contribution is 5.99. The summed E-state index contributed by atoms with van der Waals surface area (Å²) in [7, 11) is 1.40. The number of benzene rings is 1. The maximum absolute atomic E-state index is 12.6. The van der Waals surface area contributed by atoms with Crippen molar-refractivity contribution in [2.24, 2.45) is 5.73 Å². The van der Waals surface area contributed by atoms with E-state index in [1.54, 1.807) is 0 Å². The quantitative estimate of drug-likeness (QED) is 0.734. The topological polar surface area (TPSA) is 108 Å². The number of methoxy groups -OCH3 is 1. The monoisotopic (exact) mass is 334 g/mol. The SMILES string of the molecule is COc1cc(OCC(N)=O)c(C(=O)NC2CCCCC2)cc1C=O. The van der Waals surface area contributed by atoms with Gasteiger partial charge in [0.15, 0.2) is 12.9 Å². The normalized spacial score (nSPS) is 14.7. The molecule has 3 N–H and O–H groups in total. The molecule has 0 unspecified atom stereocenters. The maximum Gasteiger partial charge on any atom is 0.255 e. The van der Waals surface area contributed by atoms with Gasteiger partial charge in [-0.1, -0.05) is 19.3 Å². The summed E-state index contributed by atoms with van der Waals surface area (Å²) >= 11 is 0. The average Bonchev–Trinajstić information content (AvgIpc) is 2.59. The number of hydrogen-bond donors (Lipinski definition) is 2. The van der Waals surface area contributed by atoms with Crippen LogP contribution in [-0.4, -0.2) is 37.9 Å². The second-order valence-corrected chi connectivity index (χ2v) is 5.77. The predicted molar refractivity (Wildman–Crippen MR) is 87.4 cm³/mol. The lowest BCUT2D eigenvalue weighted by Crippen LogP contribution is -2.36. The van der Waals surface area contributed by atoms with E-state index in [0.717, 1.165) is 25.7 Å². The van der Waals surface area contributed by atoms with E-state index in [1.165, 1.54) is 25.7 Å². The van der Waals surface area contributed by atoms with Crippen LogP contribution in [0.4, 0.5) is 0 Å². The van der Waals surface area contributed by atoms with Crippen LogP contribution in [0.2, 0.25) is 0 Å². The second-order valence-electron chi connectivity index (χ2n) is 5.77. The first-order valence-electron chi connectivity index (χ1n) is 7.94. The number of primary amides is 1. The third-order valence-electron chi connectivity index (χ3n) is 4.01. The first-order valence-corrected chi connectivity index (χ1v) is 7.94. The van der Waals surface area contributed by atoms with Crippen molar-refractivity contribution in [3.8, 4) is 11.5 Å². The lowest BCUT2D eigenvalue weighted by atomic mass is 9.95. The molecule has 0 atom stereocenters. The van der Waals surface area contributed by atoms with Gasteiger partial charge in [0.1, 0.15) is 11.5 Å². The van der Waals surface area contributed by atoms with Gasteiger partial charge in [-0.3, -0.25) is 14.4 Å².